The highest BCUT2D eigenvalue weighted by atomic mass is 31.1. The number of nitrogens with zero attached hydrogens (tertiary/aromatic N) is 3. The van der Waals surface area contributed by atoms with Crippen molar-refractivity contribution in [2.24, 2.45) is 5.73 Å². The molecule has 7 nitrogen and oxygen atoms in total. The molecular weight excluding hydrogens is 243 g/mol. The lowest BCUT2D eigenvalue weighted by Crippen LogP contribution is -2.42. The maximum absolute atomic E-state index is 11.9. The molecule has 8 heteroatoms. The molecule has 0 aliphatic carbocycles. The van der Waals surface area contributed by atoms with E-state index in [9.17, 15) is 14.4 Å². The first kappa shape index (κ1) is 13.7. The van der Waals surface area contributed by atoms with Gasteiger partial charge in [0.15, 0.2) is 11.6 Å². The Morgan fingerprint density at radius 3 is 2.59 bits per heavy atom. The number of hydrogen-bond acceptors (Lipinski definition) is 5. The molecule has 1 atom stereocenters. The summed E-state index contributed by atoms with van der Waals surface area (Å²) < 4.78 is 2.22. The molecule has 0 aromatic carbocycles. The molecule has 0 aliphatic heterocycles. The number of carbonyl (C=O) groups excluding carboxylic acids is 1. The van der Waals surface area contributed by atoms with Crippen LogP contribution in [0.2, 0.25) is 0 Å². The predicted octanol–water partition coefficient (Wildman–Crippen LogP) is -0.972. The summed E-state index contributed by atoms with van der Waals surface area (Å²) in [6.45, 7) is 3.82. The van der Waals surface area contributed by atoms with Crippen molar-refractivity contribution in [3.63, 3.8) is 0 Å². The Kier molecular flexibility index (Phi) is 4.72. The molecule has 0 spiro atoms. The smallest absolute Gasteiger partial charge is 0.330 e. The Morgan fingerprint density at radius 2 is 2.12 bits per heavy atom. The SMILES string of the molecule is CCn1c(=O)nc(C(=O)CCN)n(PC)c1=O. The van der Waals surface area contributed by atoms with E-state index in [1.54, 1.807) is 13.6 Å². The van der Waals surface area contributed by atoms with Crippen LogP contribution in [-0.4, -0.2) is 32.9 Å². The average Bonchev–Trinajstić information content (AvgIpc) is 2.29. The minimum Gasteiger partial charge on any atom is -0.330 e. The topological polar surface area (TPSA) is 100.0 Å². The second-order valence-electron chi connectivity index (χ2n) is 3.27. The van der Waals surface area contributed by atoms with Crippen molar-refractivity contribution in [2.45, 2.75) is 19.9 Å². The van der Waals surface area contributed by atoms with Crippen LogP contribution in [0.5, 0.6) is 0 Å². The second-order valence-corrected chi connectivity index (χ2v) is 4.16. The molecule has 1 aromatic heterocycles. The number of carbonyl (C=O) groups is 1. The number of rotatable bonds is 5. The van der Waals surface area contributed by atoms with Gasteiger partial charge in [-0.2, -0.15) is 4.98 Å². The minimum absolute atomic E-state index is 0.0410. The van der Waals surface area contributed by atoms with Gasteiger partial charge in [-0.15, -0.1) is 0 Å². The van der Waals surface area contributed by atoms with Crippen LogP contribution in [0, 0.1) is 0 Å². The van der Waals surface area contributed by atoms with Crippen LogP contribution in [-0.2, 0) is 6.54 Å². The number of Topliss-reactive ketones (excluding diaryl/α,β-unsaturated/α-hetero) is 1. The molecule has 2 N–H and O–H groups in total. The van der Waals surface area contributed by atoms with Crippen LogP contribution in [0.1, 0.15) is 24.0 Å². The van der Waals surface area contributed by atoms with E-state index in [4.69, 9.17) is 5.73 Å². The number of nitrogens with two attached hydrogens (primary N) is 1. The van der Waals surface area contributed by atoms with Crippen LogP contribution >= 0.6 is 8.73 Å². The lowest BCUT2D eigenvalue weighted by atomic mass is 10.3. The molecule has 0 radical (unpaired) electrons. The van der Waals surface area contributed by atoms with Gasteiger partial charge in [-0.3, -0.25) is 9.13 Å². The summed E-state index contributed by atoms with van der Waals surface area (Å²) in [5.41, 5.74) is 4.09. The van der Waals surface area contributed by atoms with Crippen molar-refractivity contribution in [2.75, 3.05) is 13.2 Å². The zero-order valence-corrected chi connectivity index (χ0v) is 10.8. The summed E-state index contributed by atoms with van der Waals surface area (Å²) in [5.74, 6) is -0.463. The quantitative estimate of drug-likeness (QED) is 0.541. The summed E-state index contributed by atoms with van der Waals surface area (Å²) in [6, 6.07) is 0. The molecule has 17 heavy (non-hydrogen) atoms. The van der Waals surface area contributed by atoms with E-state index in [-0.39, 0.29) is 39.8 Å². The maximum atomic E-state index is 11.9. The highest BCUT2D eigenvalue weighted by Crippen LogP contribution is 2.08. The third-order valence-corrected chi connectivity index (χ3v) is 3.08. The highest BCUT2D eigenvalue weighted by Gasteiger charge is 2.16. The van der Waals surface area contributed by atoms with Gasteiger partial charge in [0, 0.05) is 13.0 Å². The van der Waals surface area contributed by atoms with E-state index in [1.165, 1.54) is 4.34 Å². The Hall–Kier alpha value is -1.33. The molecule has 0 bridgehead atoms. The number of ketones is 1. The fraction of sp³-hybridized carbons (Fsp3) is 0.556. The van der Waals surface area contributed by atoms with Crippen molar-refractivity contribution in [1.29, 1.82) is 0 Å². The third-order valence-electron chi connectivity index (χ3n) is 2.23. The molecule has 0 fully saturated rings. The van der Waals surface area contributed by atoms with Gasteiger partial charge in [-0.05, 0) is 28.9 Å². The van der Waals surface area contributed by atoms with Crippen molar-refractivity contribution in [3.8, 4) is 0 Å². The van der Waals surface area contributed by atoms with Crippen LogP contribution in [0.15, 0.2) is 9.59 Å². The first-order valence-corrected chi connectivity index (χ1v) is 6.66. The second kappa shape index (κ2) is 5.84. The Labute approximate surface area is 99.5 Å². The van der Waals surface area contributed by atoms with E-state index in [0.717, 1.165) is 4.57 Å². The Bertz CT molecular complexity index is 534. The summed E-state index contributed by atoms with van der Waals surface area (Å²) >= 11 is 0. The standard InChI is InChI=1S/C9H15N4O3P/c1-3-12-8(15)11-7(6(14)4-5-10)13(17-2)9(12)16/h17H,3-5,10H2,1-2H3. The van der Waals surface area contributed by atoms with E-state index in [2.05, 4.69) is 4.98 Å². The van der Waals surface area contributed by atoms with Gasteiger partial charge in [0.1, 0.15) is 0 Å². The van der Waals surface area contributed by atoms with Gasteiger partial charge in [-0.25, -0.2) is 14.2 Å². The predicted molar refractivity (Wildman–Crippen MR) is 66.1 cm³/mol. The van der Waals surface area contributed by atoms with Crippen molar-refractivity contribution in [3.05, 3.63) is 26.8 Å². The molecule has 0 saturated carbocycles. The first-order chi connectivity index (χ1) is 8.06. The summed E-state index contributed by atoms with van der Waals surface area (Å²) in [7, 11) is 0.0410. The van der Waals surface area contributed by atoms with Gasteiger partial charge < -0.3 is 5.73 Å². The van der Waals surface area contributed by atoms with Crippen molar-refractivity contribution >= 4 is 14.5 Å². The van der Waals surface area contributed by atoms with Crippen LogP contribution in [0.3, 0.4) is 0 Å². The van der Waals surface area contributed by atoms with Crippen LogP contribution in [0.25, 0.3) is 0 Å². The largest absolute Gasteiger partial charge is 0.353 e. The summed E-state index contributed by atoms with van der Waals surface area (Å²) in [4.78, 5) is 38.8. The normalized spacial score (nSPS) is 11.2. The lowest BCUT2D eigenvalue weighted by Gasteiger charge is -2.10. The van der Waals surface area contributed by atoms with Gasteiger partial charge in [0.05, 0.1) is 0 Å². The fourth-order valence-electron chi connectivity index (χ4n) is 1.40. The zero-order valence-electron chi connectivity index (χ0n) is 9.77. The van der Waals surface area contributed by atoms with Gasteiger partial charge in [0.2, 0.25) is 0 Å². The van der Waals surface area contributed by atoms with Crippen LogP contribution in [0.4, 0.5) is 0 Å². The fourth-order valence-corrected chi connectivity index (χ4v) is 2.09. The molecule has 1 rings (SSSR count). The molecule has 94 valence electrons. The van der Waals surface area contributed by atoms with Gasteiger partial charge in [-0.1, -0.05) is 0 Å². The minimum atomic E-state index is -0.688. The maximum Gasteiger partial charge on any atom is 0.353 e. The average molecular weight is 258 g/mol. The van der Waals surface area contributed by atoms with Gasteiger partial charge >= 0.3 is 11.4 Å². The zero-order chi connectivity index (χ0) is 13.0. The number of aromatic nitrogens is 3. The highest BCUT2D eigenvalue weighted by molar-refractivity contribution is 7.35. The first-order valence-electron chi connectivity index (χ1n) is 5.21. The molecular formula is C9H15N4O3P. The number of hydrogen-bond donors (Lipinski definition) is 1. The van der Waals surface area contributed by atoms with E-state index in [0.29, 0.717) is 0 Å². The Morgan fingerprint density at radius 1 is 1.47 bits per heavy atom. The molecule has 1 unspecified atom stereocenters. The molecule has 0 aliphatic rings. The monoisotopic (exact) mass is 258 g/mol. The molecule has 0 amide bonds. The summed E-state index contributed by atoms with van der Waals surface area (Å²) in [5, 5.41) is 0. The van der Waals surface area contributed by atoms with E-state index >= 15 is 0 Å². The molecule has 1 aromatic rings. The summed E-state index contributed by atoms with van der Waals surface area (Å²) in [6.07, 6.45) is 0.0759. The van der Waals surface area contributed by atoms with E-state index < -0.39 is 11.4 Å². The Balaban J connectivity index is 3.47. The van der Waals surface area contributed by atoms with E-state index in [1.807, 2.05) is 0 Å². The van der Waals surface area contributed by atoms with Crippen molar-refractivity contribution < 1.29 is 4.79 Å². The molecule has 1 heterocycles. The van der Waals surface area contributed by atoms with Crippen molar-refractivity contribution in [1.82, 2.24) is 13.9 Å². The van der Waals surface area contributed by atoms with Crippen LogP contribution < -0.4 is 17.1 Å². The molecule has 0 saturated heterocycles. The lowest BCUT2D eigenvalue weighted by molar-refractivity contribution is 0.0972. The third kappa shape index (κ3) is 2.68. The van der Waals surface area contributed by atoms with Gasteiger partial charge in [0.25, 0.3) is 0 Å².